The van der Waals surface area contributed by atoms with Gasteiger partial charge in [-0.3, -0.25) is 4.90 Å². The van der Waals surface area contributed by atoms with E-state index in [1.807, 2.05) is 0 Å². The lowest BCUT2D eigenvalue weighted by molar-refractivity contribution is 0.00549. The number of rotatable bonds is 5. The third kappa shape index (κ3) is 3.06. The zero-order valence-electron chi connectivity index (χ0n) is 13.4. The van der Waals surface area contributed by atoms with E-state index in [-0.39, 0.29) is 0 Å². The zero-order chi connectivity index (χ0) is 14.0. The van der Waals surface area contributed by atoms with Crippen LogP contribution in [0, 0.1) is 17.8 Å². The molecule has 0 aromatic carbocycles. The van der Waals surface area contributed by atoms with Crippen LogP contribution < -0.4 is 5.73 Å². The maximum absolute atomic E-state index is 6.30. The number of hydrogen-bond acceptors (Lipinski definition) is 2. The Hall–Kier alpha value is -0.0800. The third-order valence-corrected chi connectivity index (χ3v) is 6.51. The molecule has 0 spiro atoms. The predicted molar refractivity (Wildman–Crippen MR) is 85.7 cm³/mol. The van der Waals surface area contributed by atoms with Gasteiger partial charge in [-0.1, -0.05) is 32.6 Å². The van der Waals surface area contributed by atoms with Crippen molar-refractivity contribution < 1.29 is 0 Å². The molecule has 0 radical (unpaired) electrons. The number of piperidine rings is 1. The van der Waals surface area contributed by atoms with Gasteiger partial charge in [0, 0.05) is 12.1 Å². The lowest BCUT2D eigenvalue weighted by Gasteiger charge is -2.51. The van der Waals surface area contributed by atoms with Crippen molar-refractivity contribution in [2.75, 3.05) is 19.6 Å². The normalized spacial score (nSPS) is 37.2. The average molecular weight is 278 g/mol. The van der Waals surface area contributed by atoms with Gasteiger partial charge in [0.25, 0.3) is 0 Å². The summed E-state index contributed by atoms with van der Waals surface area (Å²) in [5, 5.41) is 0. The minimum atomic E-state index is 0.378. The van der Waals surface area contributed by atoms with Crippen LogP contribution >= 0.6 is 0 Å². The fraction of sp³-hybridized carbons (Fsp3) is 1.00. The molecule has 116 valence electrons. The summed E-state index contributed by atoms with van der Waals surface area (Å²) in [6, 6.07) is 0. The van der Waals surface area contributed by atoms with Crippen LogP contribution in [0.2, 0.25) is 0 Å². The van der Waals surface area contributed by atoms with Crippen LogP contribution in [0.5, 0.6) is 0 Å². The van der Waals surface area contributed by atoms with E-state index < -0.39 is 0 Å². The molecule has 2 N–H and O–H groups in total. The molecule has 2 nitrogen and oxygen atoms in total. The van der Waals surface area contributed by atoms with Gasteiger partial charge in [-0.15, -0.1) is 0 Å². The molecular weight excluding hydrogens is 244 g/mol. The second-order valence-electron chi connectivity index (χ2n) is 7.84. The quantitative estimate of drug-likeness (QED) is 0.829. The van der Waals surface area contributed by atoms with Gasteiger partial charge in [-0.25, -0.2) is 0 Å². The van der Waals surface area contributed by atoms with E-state index in [9.17, 15) is 0 Å². The fourth-order valence-electron chi connectivity index (χ4n) is 5.06. The van der Waals surface area contributed by atoms with Crippen molar-refractivity contribution in [3.05, 3.63) is 0 Å². The van der Waals surface area contributed by atoms with Gasteiger partial charge >= 0.3 is 0 Å². The summed E-state index contributed by atoms with van der Waals surface area (Å²) in [6.07, 6.45) is 14.3. The van der Waals surface area contributed by atoms with Crippen LogP contribution in [-0.2, 0) is 0 Å². The highest BCUT2D eigenvalue weighted by molar-refractivity contribution is 5.00. The highest BCUT2D eigenvalue weighted by Gasteiger charge is 2.45. The molecule has 2 unspecified atom stereocenters. The van der Waals surface area contributed by atoms with Crippen LogP contribution in [-0.4, -0.2) is 30.1 Å². The molecule has 0 aromatic heterocycles. The molecule has 0 bridgehead atoms. The first-order chi connectivity index (χ1) is 9.77. The van der Waals surface area contributed by atoms with Crippen molar-refractivity contribution in [3.8, 4) is 0 Å². The van der Waals surface area contributed by atoms with Gasteiger partial charge < -0.3 is 5.73 Å². The molecule has 2 aliphatic carbocycles. The largest absolute Gasteiger partial charge is 0.329 e. The smallest absolute Gasteiger partial charge is 0.0334 e. The molecule has 0 aromatic rings. The topological polar surface area (TPSA) is 29.3 Å². The Bertz CT molecular complexity index is 305. The monoisotopic (exact) mass is 278 g/mol. The van der Waals surface area contributed by atoms with E-state index in [4.69, 9.17) is 5.73 Å². The first-order valence-electron chi connectivity index (χ1n) is 9.22. The Balaban J connectivity index is 1.60. The predicted octanol–water partition coefficient (Wildman–Crippen LogP) is 3.80. The number of likely N-dealkylation sites (tertiary alicyclic amines) is 1. The van der Waals surface area contributed by atoms with Crippen molar-refractivity contribution in [2.24, 2.45) is 23.5 Å². The van der Waals surface area contributed by atoms with E-state index in [1.54, 1.807) is 0 Å². The minimum absolute atomic E-state index is 0.378. The Kier molecular flexibility index (Phi) is 4.72. The zero-order valence-corrected chi connectivity index (χ0v) is 13.4. The van der Waals surface area contributed by atoms with Crippen LogP contribution in [0.1, 0.15) is 71.1 Å². The number of nitrogens with zero attached hydrogens (tertiary/aromatic N) is 1. The van der Waals surface area contributed by atoms with Crippen molar-refractivity contribution in [2.45, 2.75) is 76.7 Å². The van der Waals surface area contributed by atoms with E-state index in [0.717, 1.165) is 24.3 Å². The molecule has 1 aliphatic heterocycles. The van der Waals surface area contributed by atoms with Gasteiger partial charge in [-0.2, -0.15) is 0 Å². The lowest BCUT2D eigenvalue weighted by Crippen LogP contribution is -2.58. The van der Waals surface area contributed by atoms with Crippen molar-refractivity contribution >= 4 is 0 Å². The summed E-state index contributed by atoms with van der Waals surface area (Å²) < 4.78 is 0. The Labute approximate surface area is 125 Å². The first-order valence-corrected chi connectivity index (χ1v) is 9.22. The molecular formula is C18H34N2. The summed E-state index contributed by atoms with van der Waals surface area (Å²) >= 11 is 0. The van der Waals surface area contributed by atoms with Gasteiger partial charge in [0.15, 0.2) is 0 Å². The molecule has 3 fully saturated rings. The molecule has 2 atom stereocenters. The molecule has 2 heteroatoms. The average Bonchev–Trinajstić information content (AvgIpc) is 3.33. The molecule has 0 amide bonds. The van der Waals surface area contributed by atoms with E-state index in [1.165, 1.54) is 77.3 Å². The molecule has 2 saturated carbocycles. The minimum Gasteiger partial charge on any atom is -0.329 e. The Morgan fingerprint density at radius 3 is 2.40 bits per heavy atom. The maximum atomic E-state index is 6.30. The van der Waals surface area contributed by atoms with Gasteiger partial charge in [-0.05, 0) is 69.4 Å². The molecule has 1 heterocycles. The summed E-state index contributed by atoms with van der Waals surface area (Å²) in [7, 11) is 0. The second-order valence-corrected chi connectivity index (χ2v) is 7.84. The van der Waals surface area contributed by atoms with Gasteiger partial charge in [0.1, 0.15) is 0 Å². The SMILES string of the molecule is CCCC1CCN(C2(CN)CCCC(C3CC3)C2)CC1. The van der Waals surface area contributed by atoms with Crippen LogP contribution in [0.3, 0.4) is 0 Å². The van der Waals surface area contributed by atoms with Gasteiger partial charge in [0.05, 0.1) is 0 Å². The third-order valence-electron chi connectivity index (χ3n) is 6.51. The van der Waals surface area contributed by atoms with Crippen molar-refractivity contribution in [3.63, 3.8) is 0 Å². The molecule has 3 rings (SSSR count). The fourth-order valence-corrected chi connectivity index (χ4v) is 5.06. The summed E-state index contributed by atoms with van der Waals surface area (Å²) in [6.45, 7) is 5.86. The van der Waals surface area contributed by atoms with Crippen molar-refractivity contribution in [1.82, 2.24) is 4.90 Å². The lowest BCUT2D eigenvalue weighted by atomic mass is 9.72. The van der Waals surface area contributed by atoms with E-state index in [0.29, 0.717) is 5.54 Å². The first kappa shape index (κ1) is 14.8. The molecule has 3 aliphatic rings. The van der Waals surface area contributed by atoms with E-state index in [2.05, 4.69) is 11.8 Å². The maximum Gasteiger partial charge on any atom is 0.0334 e. The highest BCUT2D eigenvalue weighted by Crippen LogP contribution is 2.48. The summed E-state index contributed by atoms with van der Waals surface area (Å²) in [5.74, 6) is 3.06. The number of nitrogens with two attached hydrogens (primary N) is 1. The Morgan fingerprint density at radius 1 is 1.05 bits per heavy atom. The van der Waals surface area contributed by atoms with Crippen LogP contribution in [0.25, 0.3) is 0 Å². The standard InChI is InChI=1S/C18H34N2/c1-2-4-15-8-11-20(12-9-15)18(14-19)10-3-5-17(13-18)16-6-7-16/h15-17H,2-14,19H2,1H3. The molecule has 1 saturated heterocycles. The van der Waals surface area contributed by atoms with E-state index >= 15 is 0 Å². The number of hydrogen-bond donors (Lipinski definition) is 1. The summed E-state index contributed by atoms with van der Waals surface area (Å²) in [4.78, 5) is 2.81. The highest BCUT2D eigenvalue weighted by atomic mass is 15.2. The molecule has 20 heavy (non-hydrogen) atoms. The Morgan fingerprint density at radius 2 is 1.80 bits per heavy atom. The second kappa shape index (κ2) is 6.36. The summed E-state index contributed by atoms with van der Waals surface area (Å²) in [5.41, 5.74) is 6.68. The van der Waals surface area contributed by atoms with Crippen LogP contribution in [0.15, 0.2) is 0 Å². The van der Waals surface area contributed by atoms with Crippen molar-refractivity contribution in [1.29, 1.82) is 0 Å². The van der Waals surface area contributed by atoms with Crippen LogP contribution in [0.4, 0.5) is 0 Å². The van der Waals surface area contributed by atoms with Gasteiger partial charge in [0.2, 0.25) is 0 Å².